The average Bonchev–Trinajstić information content (AvgIpc) is 2.67. The zero-order valence-electron chi connectivity index (χ0n) is 20.7. The molecule has 0 fully saturated rings. The van der Waals surface area contributed by atoms with E-state index in [1.54, 1.807) is 0 Å². The minimum Gasteiger partial charge on any atom is -0.494 e. The standard InChI is InChI=1S/C28H48O2/c1-22(2)11-8-13-24(5)17-19-29-26(7)27-15-10-16-28(21-27)30-20-18-25(6)14-9-12-23(3)4/h10,15-16,21-25H,7-9,11-14,17-20H2,1-6H3. The lowest BCUT2D eigenvalue weighted by Gasteiger charge is -2.15. The third-order valence-corrected chi connectivity index (χ3v) is 5.88. The molecule has 0 amide bonds. The molecule has 172 valence electrons. The second-order valence-electron chi connectivity index (χ2n) is 10.1. The van der Waals surface area contributed by atoms with Crippen molar-refractivity contribution in [2.45, 2.75) is 92.9 Å². The zero-order chi connectivity index (χ0) is 22.4. The van der Waals surface area contributed by atoms with Gasteiger partial charge in [-0.3, -0.25) is 0 Å². The lowest BCUT2D eigenvalue weighted by molar-refractivity contribution is 0.243. The molecule has 0 saturated heterocycles. The number of ether oxygens (including phenoxy) is 2. The van der Waals surface area contributed by atoms with Gasteiger partial charge in [0.05, 0.1) is 13.2 Å². The summed E-state index contributed by atoms with van der Waals surface area (Å²) in [5.74, 6) is 4.68. The van der Waals surface area contributed by atoms with E-state index < -0.39 is 0 Å². The fourth-order valence-electron chi connectivity index (χ4n) is 3.64. The maximum atomic E-state index is 6.00. The third kappa shape index (κ3) is 13.0. The lowest BCUT2D eigenvalue weighted by atomic mass is 9.98. The Balaban J connectivity index is 2.29. The smallest absolute Gasteiger partial charge is 0.120 e. The van der Waals surface area contributed by atoms with Crippen LogP contribution in [0, 0.1) is 23.7 Å². The predicted octanol–water partition coefficient (Wildman–Crippen LogP) is 8.76. The summed E-state index contributed by atoms with van der Waals surface area (Å²) in [4.78, 5) is 0. The molecule has 0 aliphatic carbocycles. The molecule has 0 aliphatic heterocycles. The molecule has 0 N–H and O–H groups in total. The Kier molecular flexibility index (Phi) is 13.6. The van der Waals surface area contributed by atoms with Crippen LogP contribution in [-0.4, -0.2) is 13.2 Å². The van der Waals surface area contributed by atoms with Crippen LogP contribution < -0.4 is 4.74 Å². The van der Waals surface area contributed by atoms with Gasteiger partial charge >= 0.3 is 0 Å². The van der Waals surface area contributed by atoms with E-state index in [4.69, 9.17) is 9.47 Å². The number of hydrogen-bond acceptors (Lipinski definition) is 2. The first-order valence-electron chi connectivity index (χ1n) is 12.3. The second-order valence-corrected chi connectivity index (χ2v) is 10.1. The van der Waals surface area contributed by atoms with E-state index in [1.165, 1.54) is 38.5 Å². The third-order valence-electron chi connectivity index (χ3n) is 5.88. The van der Waals surface area contributed by atoms with Crippen LogP contribution in [-0.2, 0) is 4.74 Å². The Bertz CT molecular complexity index is 576. The highest BCUT2D eigenvalue weighted by Gasteiger charge is 2.07. The normalized spacial score (nSPS) is 13.5. The summed E-state index contributed by atoms with van der Waals surface area (Å²) in [5.41, 5.74) is 1.02. The average molecular weight is 417 g/mol. The minimum absolute atomic E-state index is 0.703. The largest absolute Gasteiger partial charge is 0.494 e. The molecule has 2 heteroatoms. The summed E-state index contributed by atoms with van der Waals surface area (Å²) in [6, 6.07) is 8.16. The van der Waals surface area contributed by atoms with Crippen molar-refractivity contribution in [2.75, 3.05) is 13.2 Å². The Labute approximate surface area is 187 Å². The van der Waals surface area contributed by atoms with Gasteiger partial charge in [0.2, 0.25) is 0 Å². The van der Waals surface area contributed by atoms with Crippen molar-refractivity contribution >= 4 is 5.76 Å². The molecule has 0 aliphatic rings. The molecule has 2 atom stereocenters. The first-order valence-corrected chi connectivity index (χ1v) is 12.3. The molecule has 30 heavy (non-hydrogen) atoms. The van der Waals surface area contributed by atoms with E-state index in [0.717, 1.165) is 55.0 Å². The van der Waals surface area contributed by atoms with Crippen LogP contribution in [0.3, 0.4) is 0 Å². The van der Waals surface area contributed by atoms with Crippen LogP contribution in [0.15, 0.2) is 30.8 Å². The molecule has 0 heterocycles. The number of benzene rings is 1. The van der Waals surface area contributed by atoms with Crippen LogP contribution in [0.2, 0.25) is 0 Å². The summed E-state index contributed by atoms with van der Waals surface area (Å²) in [7, 11) is 0. The molecule has 0 aromatic heterocycles. The molecule has 0 radical (unpaired) electrons. The van der Waals surface area contributed by atoms with Crippen molar-refractivity contribution in [1.82, 2.24) is 0 Å². The van der Waals surface area contributed by atoms with E-state index in [1.807, 2.05) is 12.1 Å². The number of hydrogen-bond donors (Lipinski definition) is 0. The molecule has 0 saturated carbocycles. The molecule has 1 rings (SSSR count). The lowest BCUT2D eigenvalue weighted by Crippen LogP contribution is -2.05. The van der Waals surface area contributed by atoms with Crippen LogP contribution in [0.1, 0.15) is 98.5 Å². The van der Waals surface area contributed by atoms with Crippen molar-refractivity contribution in [3.05, 3.63) is 36.4 Å². The van der Waals surface area contributed by atoms with Crippen molar-refractivity contribution < 1.29 is 9.47 Å². The van der Waals surface area contributed by atoms with E-state index in [0.29, 0.717) is 11.8 Å². The maximum absolute atomic E-state index is 6.00. The molecule has 2 unspecified atom stereocenters. The molecular weight excluding hydrogens is 368 g/mol. The van der Waals surface area contributed by atoms with Crippen molar-refractivity contribution in [1.29, 1.82) is 0 Å². The van der Waals surface area contributed by atoms with Gasteiger partial charge in [0.25, 0.3) is 0 Å². The summed E-state index contributed by atoms with van der Waals surface area (Å²) < 4.78 is 11.9. The summed E-state index contributed by atoms with van der Waals surface area (Å²) in [6.07, 6.45) is 10.1. The van der Waals surface area contributed by atoms with Gasteiger partial charge in [-0.1, -0.05) is 98.8 Å². The topological polar surface area (TPSA) is 18.5 Å². The molecular formula is C28H48O2. The fraction of sp³-hybridized carbons (Fsp3) is 0.714. The summed E-state index contributed by atoms with van der Waals surface area (Å²) >= 11 is 0. The van der Waals surface area contributed by atoms with Gasteiger partial charge < -0.3 is 9.47 Å². The molecule has 1 aromatic rings. The van der Waals surface area contributed by atoms with Gasteiger partial charge in [0, 0.05) is 5.56 Å². The van der Waals surface area contributed by atoms with Gasteiger partial charge in [-0.05, 0) is 48.6 Å². The quantitative estimate of drug-likeness (QED) is 0.236. The molecule has 1 aromatic carbocycles. The number of rotatable bonds is 17. The van der Waals surface area contributed by atoms with E-state index in [2.05, 4.69) is 60.3 Å². The van der Waals surface area contributed by atoms with Gasteiger partial charge in [-0.25, -0.2) is 0 Å². The Hall–Kier alpha value is -1.44. The Morgan fingerprint density at radius 1 is 0.767 bits per heavy atom. The van der Waals surface area contributed by atoms with Gasteiger partial charge in [-0.2, -0.15) is 0 Å². The monoisotopic (exact) mass is 416 g/mol. The van der Waals surface area contributed by atoms with Crippen LogP contribution in [0.25, 0.3) is 5.76 Å². The highest BCUT2D eigenvalue weighted by atomic mass is 16.5. The van der Waals surface area contributed by atoms with Crippen LogP contribution >= 0.6 is 0 Å². The highest BCUT2D eigenvalue weighted by molar-refractivity contribution is 5.59. The van der Waals surface area contributed by atoms with E-state index in [-0.39, 0.29) is 0 Å². The van der Waals surface area contributed by atoms with Crippen molar-refractivity contribution in [3.8, 4) is 5.75 Å². The second kappa shape index (κ2) is 15.4. The van der Waals surface area contributed by atoms with E-state index >= 15 is 0 Å². The summed E-state index contributed by atoms with van der Waals surface area (Å²) in [5, 5.41) is 0. The molecule has 2 nitrogen and oxygen atoms in total. The zero-order valence-corrected chi connectivity index (χ0v) is 20.7. The SMILES string of the molecule is C=C(OCCC(C)CCCC(C)C)c1cccc(OCCC(C)CCCC(C)C)c1. The first kappa shape index (κ1) is 26.6. The van der Waals surface area contributed by atoms with Crippen LogP contribution in [0.4, 0.5) is 0 Å². The highest BCUT2D eigenvalue weighted by Crippen LogP contribution is 2.22. The fourth-order valence-corrected chi connectivity index (χ4v) is 3.64. The predicted molar refractivity (Wildman–Crippen MR) is 132 cm³/mol. The molecule has 0 bridgehead atoms. The minimum atomic E-state index is 0.703. The van der Waals surface area contributed by atoms with Gasteiger partial charge in [-0.15, -0.1) is 0 Å². The van der Waals surface area contributed by atoms with Crippen LogP contribution in [0.5, 0.6) is 5.75 Å². The van der Waals surface area contributed by atoms with Gasteiger partial charge in [0.15, 0.2) is 0 Å². The van der Waals surface area contributed by atoms with Crippen molar-refractivity contribution in [3.63, 3.8) is 0 Å². The summed E-state index contributed by atoms with van der Waals surface area (Å²) in [6.45, 7) is 19.5. The maximum Gasteiger partial charge on any atom is 0.120 e. The van der Waals surface area contributed by atoms with E-state index in [9.17, 15) is 0 Å². The molecule has 0 spiro atoms. The Morgan fingerprint density at radius 3 is 1.90 bits per heavy atom. The van der Waals surface area contributed by atoms with Crippen molar-refractivity contribution in [2.24, 2.45) is 23.7 Å². The van der Waals surface area contributed by atoms with Gasteiger partial charge in [0.1, 0.15) is 11.5 Å². The first-order chi connectivity index (χ1) is 14.3. The Morgan fingerprint density at radius 2 is 1.33 bits per heavy atom.